The Morgan fingerprint density at radius 3 is 2.90 bits per heavy atom. The molecule has 8 nitrogen and oxygen atoms in total. The van der Waals surface area contributed by atoms with Crippen molar-refractivity contribution in [1.82, 2.24) is 24.5 Å². The maximum absolute atomic E-state index is 5.52. The third-order valence-corrected chi connectivity index (χ3v) is 5.45. The first-order valence-electron chi connectivity index (χ1n) is 9.16. The maximum atomic E-state index is 5.52. The van der Waals surface area contributed by atoms with Crippen molar-refractivity contribution in [2.75, 3.05) is 18.7 Å². The molecule has 0 bridgehead atoms. The third-order valence-electron chi connectivity index (χ3n) is 4.67. The average Bonchev–Trinajstić information content (AvgIpc) is 3.50. The molecule has 29 heavy (non-hydrogen) atoms. The van der Waals surface area contributed by atoms with Gasteiger partial charge in [-0.3, -0.25) is 0 Å². The molecule has 0 aliphatic carbocycles. The van der Waals surface area contributed by atoms with Gasteiger partial charge in [-0.2, -0.15) is 0 Å². The van der Waals surface area contributed by atoms with Crippen molar-refractivity contribution >= 4 is 17.3 Å². The van der Waals surface area contributed by atoms with Gasteiger partial charge < -0.3 is 19.4 Å². The predicted octanol–water partition coefficient (Wildman–Crippen LogP) is 3.61. The van der Waals surface area contributed by atoms with Gasteiger partial charge in [-0.1, -0.05) is 6.07 Å². The lowest BCUT2D eigenvalue weighted by molar-refractivity contribution is 0.174. The number of benzene rings is 1. The van der Waals surface area contributed by atoms with E-state index in [9.17, 15) is 0 Å². The van der Waals surface area contributed by atoms with Crippen LogP contribution in [0.1, 0.15) is 5.82 Å². The van der Waals surface area contributed by atoms with Gasteiger partial charge in [-0.15, -0.1) is 11.3 Å². The van der Waals surface area contributed by atoms with Crippen LogP contribution in [0, 0.1) is 6.92 Å². The number of rotatable bonds is 6. The number of fused-ring (bicyclic) bond motifs is 1. The summed E-state index contributed by atoms with van der Waals surface area (Å²) < 4.78 is 13.0. The van der Waals surface area contributed by atoms with E-state index in [-0.39, 0.29) is 6.79 Å². The first-order valence-corrected chi connectivity index (χ1v) is 10.0. The smallest absolute Gasteiger partial charge is 0.231 e. The second-order valence-corrected chi connectivity index (χ2v) is 7.35. The largest absolute Gasteiger partial charge is 0.454 e. The summed E-state index contributed by atoms with van der Waals surface area (Å²) >= 11 is 1.55. The van der Waals surface area contributed by atoms with Crippen molar-refractivity contribution in [2.24, 2.45) is 0 Å². The number of ether oxygens (including phenoxy) is 2. The standard InChI is InChI=1S/C20H18N6O2S/c1-13-21-4-7-26(13)8-5-23-20-24-11-15(18(25-20)19-22-6-9-29-19)14-2-3-16-17(10-14)28-12-27-16/h2-4,6-7,9-11H,5,8,12H2,1H3,(H,23,24,25). The van der Waals surface area contributed by atoms with Gasteiger partial charge in [-0.05, 0) is 24.6 Å². The number of thiazole rings is 1. The predicted molar refractivity (Wildman–Crippen MR) is 110 cm³/mol. The molecule has 0 fully saturated rings. The molecule has 0 atom stereocenters. The SMILES string of the molecule is Cc1nccn1CCNc1ncc(-c2ccc3c(c2)OCO3)c(-c2nccs2)n1. The highest BCUT2D eigenvalue weighted by molar-refractivity contribution is 7.13. The van der Waals surface area contributed by atoms with Gasteiger partial charge in [-0.25, -0.2) is 19.9 Å². The summed E-state index contributed by atoms with van der Waals surface area (Å²) in [5, 5.41) is 6.08. The van der Waals surface area contributed by atoms with Crippen LogP contribution >= 0.6 is 11.3 Å². The van der Waals surface area contributed by atoms with E-state index in [4.69, 9.17) is 14.5 Å². The minimum atomic E-state index is 0.244. The topological polar surface area (TPSA) is 87.0 Å². The number of aryl methyl sites for hydroxylation is 1. The van der Waals surface area contributed by atoms with Crippen LogP contribution in [-0.2, 0) is 6.54 Å². The molecule has 0 radical (unpaired) electrons. The van der Waals surface area contributed by atoms with Crippen LogP contribution in [0.2, 0.25) is 0 Å². The molecule has 0 amide bonds. The fourth-order valence-electron chi connectivity index (χ4n) is 3.17. The van der Waals surface area contributed by atoms with Crippen molar-refractivity contribution in [1.29, 1.82) is 0 Å². The molecule has 1 aromatic carbocycles. The van der Waals surface area contributed by atoms with E-state index in [2.05, 4.69) is 24.8 Å². The number of anilines is 1. The van der Waals surface area contributed by atoms with E-state index in [0.29, 0.717) is 12.5 Å². The second-order valence-electron chi connectivity index (χ2n) is 6.46. The Bertz CT molecular complexity index is 1140. The van der Waals surface area contributed by atoms with Crippen LogP contribution in [0.5, 0.6) is 11.5 Å². The highest BCUT2D eigenvalue weighted by Crippen LogP contribution is 2.38. The fraction of sp³-hybridized carbons (Fsp3) is 0.200. The van der Waals surface area contributed by atoms with E-state index in [1.54, 1.807) is 23.7 Å². The molecule has 0 unspecified atom stereocenters. The Hall–Kier alpha value is -3.46. The Balaban J connectivity index is 1.44. The molecule has 4 aromatic rings. The molecule has 4 heterocycles. The van der Waals surface area contributed by atoms with Gasteiger partial charge in [0.05, 0.1) is 0 Å². The lowest BCUT2D eigenvalue weighted by Gasteiger charge is -2.11. The Kier molecular flexibility index (Phi) is 4.57. The van der Waals surface area contributed by atoms with Crippen molar-refractivity contribution in [2.45, 2.75) is 13.5 Å². The summed E-state index contributed by atoms with van der Waals surface area (Å²) in [5.41, 5.74) is 2.64. The normalized spacial score (nSPS) is 12.3. The van der Waals surface area contributed by atoms with E-state index < -0.39 is 0 Å². The lowest BCUT2D eigenvalue weighted by Crippen LogP contribution is -2.13. The highest BCUT2D eigenvalue weighted by Gasteiger charge is 2.18. The summed E-state index contributed by atoms with van der Waals surface area (Å²) in [5.74, 6) is 3.02. The zero-order valence-electron chi connectivity index (χ0n) is 15.7. The highest BCUT2D eigenvalue weighted by atomic mass is 32.1. The number of aromatic nitrogens is 5. The second kappa shape index (κ2) is 7.51. The molecular formula is C20H18N6O2S. The van der Waals surface area contributed by atoms with E-state index in [0.717, 1.165) is 45.7 Å². The Morgan fingerprint density at radius 1 is 1.14 bits per heavy atom. The van der Waals surface area contributed by atoms with Gasteiger partial charge in [0, 0.05) is 48.8 Å². The third kappa shape index (κ3) is 3.52. The monoisotopic (exact) mass is 406 g/mol. The maximum Gasteiger partial charge on any atom is 0.231 e. The zero-order valence-corrected chi connectivity index (χ0v) is 16.5. The minimum absolute atomic E-state index is 0.244. The zero-order chi connectivity index (χ0) is 19.6. The van der Waals surface area contributed by atoms with Crippen molar-refractivity contribution < 1.29 is 9.47 Å². The lowest BCUT2D eigenvalue weighted by atomic mass is 10.1. The molecule has 0 saturated heterocycles. The summed E-state index contributed by atoms with van der Waals surface area (Å²) in [6.07, 6.45) is 7.36. The van der Waals surface area contributed by atoms with Crippen molar-refractivity contribution in [3.05, 3.63) is 54.2 Å². The average molecular weight is 406 g/mol. The molecule has 3 aromatic heterocycles. The Labute approximate surface area is 171 Å². The molecule has 5 rings (SSSR count). The molecule has 9 heteroatoms. The van der Waals surface area contributed by atoms with E-state index in [1.165, 1.54) is 0 Å². The van der Waals surface area contributed by atoms with Gasteiger partial charge in [0.1, 0.15) is 16.5 Å². The van der Waals surface area contributed by atoms with Gasteiger partial charge in [0.25, 0.3) is 0 Å². The summed E-state index contributed by atoms with van der Waals surface area (Å²) in [6.45, 7) is 3.70. The number of nitrogens with zero attached hydrogens (tertiary/aromatic N) is 5. The number of hydrogen-bond acceptors (Lipinski definition) is 8. The van der Waals surface area contributed by atoms with Gasteiger partial charge in [0.15, 0.2) is 11.5 Å². The molecular weight excluding hydrogens is 388 g/mol. The summed E-state index contributed by atoms with van der Waals surface area (Å²) in [6, 6.07) is 5.84. The molecule has 0 saturated carbocycles. The van der Waals surface area contributed by atoms with Crippen LogP contribution in [0.3, 0.4) is 0 Å². The van der Waals surface area contributed by atoms with Gasteiger partial charge in [0.2, 0.25) is 12.7 Å². The number of imidazole rings is 1. The molecule has 1 aliphatic heterocycles. The van der Waals surface area contributed by atoms with Crippen LogP contribution in [0.4, 0.5) is 5.95 Å². The Morgan fingerprint density at radius 2 is 2.07 bits per heavy atom. The number of hydrogen-bond donors (Lipinski definition) is 1. The summed E-state index contributed by atoms with van der Waals surface area (Å²) in [7, 11) is 0. The van der Waals surface area contributed by atoms with Crippen molar-refractivity contribution in [3.8, 4) is 33.3 Å². The van der Waals surface area contributed by atoms with Crippen molar-refractivity contribution in [3.63, 3.8) is 0 Å². The first kappa shape index (κ1) is 17.6. The van der Waals surface area contributed by atoms with E-state index in [1.807, 2.05) is 42.9 Å². The van der Waals surface area contributed by atoms with Crippen LogP contribution < -0.4 is 14.8 Å². The molecule has 146 valence electrons. The molecule has 0 spiro atoms. The minimum Gasteiger partial charge on any atom is -0.454 e. The van der Waals surface area contributed by atoms with E-state index >= 15 is 0 Å². The van der Waals surface area contributed by atoms with Crippen LogP contribution in [0.25, 0.3) is 21.8 Å². The summed E-state index contributed by atoms with van der Waals surface area (Å²) in [4.78, 5) is 18.0. The fourth-order valence-corrected chi connectivity index (χ4v) is 3.81. The van der Waals surface area contributed by atoms with Gasteiger partial charge >= 0.3 is 0 Å². The van der Waals surface area contributed by atoms with Crippen LogP contribution in [-0.4, -0.2) is 37.8 Å². The molecule has 1 N–H and O–H groups in total. The van der Waals surface area contributed by atoms with Crippen LogP contribution in [0.15, 0.2) is 48.4 Å². The molecule has 1 aliphatic rings. The quantitative estimate of drug-likeness (QED) is 0.523. The first-order chi connectivity index (χ1) is 14.3. The number of nitrogens with one attached hydrogen (secondary N) is 1.